The molecule has 0 radical (unpaired) electrons. The topological polar surface area (TPSA) is 78.9 Å². The van der Waals surface area contributed by atoms with Crippen LogP contribution in [0.2, 0.25) is 0 Å². The molecular weight excluding hydrogens is 256 g/mol. The Kier molecular flexibility index (Phi) is 7.07. The standard InChI is InChI=1S/C11H20N2O4S/c1-9(14)6-12-10(15)7-18-8-11(16)13-2-4-17-5-3-13/h9,14H,2-8H2,1H3,(H,12,15). The number of ether oxygens (including phenoxy) is 1. The summed E-state index contributed by atoms with van der Waals surface area (Å²) in [7, 11) is 0. The summed E-state index contributed by atoms with van der Waals surface area (Å²) in [4.78, 5) is 24.8. The summed E-state index contributed by atoms with van der Waals surface area (Å²) in [6.45, 7) is 4.30. The molecule has 7 heteroatoms. The quantitative estimate of drug-likeness (QED) is 0.656. The molecule has 1 fully saturated rings. The fraction of sp³-hybridized carbons (Fsp3) is 0.818. The maximum Gasteiger partial charge on any atom is 0.232 e. The Bertz CT molecular complexity index is 280. The Hall–Kier alpha value is -0.790. The summed E-state index contributed by atoms with van der Waals surface area (Å²) < 4.78 is 5.16. The van der Waals surface area contributed by atoms with Crippen molar-refractivity contribution in [2.24, 2.45) is 0 Å². The summed E-state index contributed by atoms with van der Waals surface area (Å²) in [5.74, 6) is 0.438. The summed E-state index contributed by atoms with van der Waals surface area (Å²) in [5, 5.41) is 11.6. The van der Waals surface area contributed by atoms with Gasteiger partial charge in [-0.3, -0.25) is 9.59 Å². The lowest BCUT2D eigenvalue weighted by molar-refractivity contribution is -0.132. The van der Waals surface area contributed by atoms with E-state index in [0.29, 0.717) is 32.1 Å². The minimum Gasteiger partial charge on any atom is -0.392 e. The zero-order chi connectivity index (χ0) is 13.4. The van der Waals surface area contributed by atoms with Crippen LogP contribution in [-0.4, -0.2) is 72.3 Å². The number of morpholine rings is 1. The van der Waals surface area contributed by atoms with Gasteiger partial charge in [0, 0.05) is 19.6 Å². The van der Waals surface area contributed by atoms with E-state index in [0.717, 1.165) is 0 Å². The van der Waals surface area contributed by atoms with Crippen molar-refractivity contribution in [1.82, 2.24) is 10.2 Å². The highest BCUT2D eigenvalue weighted by Gasteiger charge is 2.16. The van der Waals surface area contributed by atoms with E-state index in [1.54, 1.807) is 11.8 Å². The first kappa shape index (κ1) is 15.3. The van der Waals surface area contributed by atoms with Gasteiger partial charge in [0.05, 0.1) is 30.8 Å². The first-order valence-corrected chi connectivity index (χ1v) is 7.13. The minimum absolute atomic E-state index is 0.0478. The number of aliphatic hydroxyl groups excluding tert-OH is 1. The van der Waals surface area contributed by atoms with E-state index in [1.807, 2.05) is 0 Å². The number of hydrogen-bond donors (Lipinski definition) is 2. The van der Waals surface area contributed by atoms with E-state index in [2.05, 4.69) is 5.32 Å². The minimum atomic E-state index is -0.547. The van der Waals surface area contributed by atoms with Crippen LogP contribution in [0.5, 0.6) is 0 Å². The summed E-state index contributed by atoms with van der Waals surface area (Å²) in [6.07, 6.45) is -0.547. The molecule has 0 aromatic rings. The van der Waals surface area contributed by atoms with E-state index < -0.39 is 6.10 Å². The SMILES string of the molecule is CC(O)CNC(=O)CSCC(=O)N1CCOCC1. The molecule has 0 bridgehead atoms. The lowest BCUT2D eigenvalue weighted by atomic mass is 10.4. The predicted octanol–water partition coefficient (Wildman–Crippen LogP) is -0.925. The molecule has 1 heterocycles. The van der Waals surface area contributed by atoms with Gasteiger partial charge in [0.1, 0.15) is 0 Å². The van der Waals surface area contributed by atoms with Crippen molar-refractivity contribution in [3.05, 3.63) is 0 Å². The molecule has 1 unspecified atom stereocenters. The van der Waals surface area contributed by atoms with Crippen molar-refractivity contribution in [2.45, 2.75) is 13.0 Å². The van der Waals surface area contributed by atoms with Crippen molar-refractivity contribution in [3.8, 4) is 0 Å². The molecule has 0 aliphatic carbocycles. The van der Waals surface area contributed by atoms with Crippen LogP contribution in [-0.2, 0) is 14.3 Å². The molecule has 1 aliphatic rings. The fourth-order valence-electron chi connectivity index (χ4n) is 1.45. The van der Waals surface area contributed by atoms with Crippen molar-refractivity contribution in [3.63, 3.8) is 0 Å². The average molecular weight is 276 g/mol. The first-order valence-electron chi connectivity index (χ1n) is 5.97. The second-order valence-electron chi connectivity index (χ2n) is 4.14. The smallest absolute Gasteiger partial charge is 0.232 e. The van der Waals surface area contributed by atoms with E-state index in [4.69, 9.17) is 9.84 Å². The lowest BCUT2D eigenvalue weighted by Crippen LogP contribution is -2.41. The zero-order valence-electron chi connectivity index (χ0n) is 10.6. The lowest BCUT2D eigenvalue weighted by Gasteiger charge is -2.26. The van der Waals surface area contributed by atoms with Crippen molar-refractivity contribution in [1.29, 1.82) is 0 Å². The van der Waals surface area contributed by atoms with Crippen LogP contribution in [0, 0.1) is 0 Å². The molecule has 2 amide bonds. The summed E-state index contributed by atoms with van der Waals surface area (Å²) in [6, 6.07) is 0. The first-order chi connectivity index (χ1) is 8.59. The Morgan fingerprint density at radius 1 is 1.39 bits per heavy atom. The number of carbonyl (C=O) groups excluding carboxylic acids is 2. The van der Waals surface area contributed by atoms with Gasteiger partial charge < -0.3 is 20.1 Å². The molecule has 1 rings (SSSR count). The molecule has 0 spiro atoms. The highest BCUT2D eigenvalue weighted by molar-refractivity contribution is 8.00. The van der Waals surface area contributed by atoms with Gasteiger partial charge in [0.2, 0.25) is 11.8 Å². The van der Waals surface area contributed by atoms with Crippen LogP contribution in [0.3, 0.4) is 0 Å². The van der Waals surface area contributed by atoms with Crippen LogP contribution in [0.4, 0.5) is 0 Å². The number of nitrogens with one attached hydrogen (secondary N) is 1. The van der Waals surface area contributed by atoms with Gasteiger partial charge in [-0.1, -0.05) is 0 Å². The molecule has 2 N–H and O–H groups in total. The third-order valence-corrected chi connectivity index (χ3v) is 3.33. The predicted molar refractivity (Wildman–Crippen MR) is 69.4 cm³/mol. The summed E-state index contributed by atoms with van der Waals surface area (Å²) >= 11 is 1.29. The highest BCUT2D eigenvalue weighted by Crippen LogP contribution is 2.04. The summed E-state index contributed by atoms with van der Waals surface area (Å²) in [5.41, 5.74) is 0. The molecule has 18 heavy (non-hydrogen) atoms. The van der Waals surface area contributed by atoms with E-state index >= 15 is 0 Å². The highest BCUT2D eigenvalue weighted by atomic mass is 32.2. The Morgan fingerprint density at radius 2 is 2.06 bits per heavy atom. The molecular formula is C11H20N2O4S. The number of amides is 2. The van der Waals surface area contributed by atoms with Gasteiger partial charge in [-0.05, 0) is 6.92 Å². The maximum absolute atomic E-state index is 11.7. The third kappa shape index (κ3) is 6.23. The molecule has 104 valence electrons. The van der Waals surface area contributed by atoms with Gasteiger partial charge in [0.25, 0.3) is 0 Å². The Labute approximate surface area is 111 Å². The number of nitrogens with zero attached hydrogens (tertiary/aromatic N) is 1. The van der Waals surface area contributed by atoms with Crippen LogP contribution < -0.4 is 5.32 Å². The van der Waals surface area contributed by atoms with Gasteiger partial charge in [0.15, 0.2) is 0 Å². The van der Waals surface area contributed by atoms with Crippen molar-refractivity contribution >= 4 is 23.6 Å². The maximum atomic E-state index is 11.7. The Morgan fingerprint density at radius 3 is 2.67 bits per heavy atom. The third-order valence-electron chi connectivity index (χ3n) is 2.42. The number of aliphatic hydroxyl groups is 1. The number of hydrogen-bond acceptors (Lipinski definition) is 5. The van der Waals surface area contributed by atoms with Crippen molar-refractivity contribution in [2.75, 3.05) is 44.4 Å². The van der Waals surface area contributed by atoms with Crippen LogP contribution in [0.25, 0.3) is 0 Å². The zero-order valence-corrected chi connectivity index (χ0v) is 11.4. The largest absolute Gasteiger partial charge is 0.392 e. The normalized spacial score (nSPS) is 17.3. The van der Waals surface area contributed by atoms with Crippen LogP contribution >= 0.6 is 11.8 Å². The van der Waals surface area contributed by atoms with Crippen LogP contribution in [0.1, 0.15) is 6.92 Å². The Balaban J connectivity index is 2.09. The second kappa shape index (κ2) is 8.34. The molecule has 0 aromatic carbocycles. The number of thioether (sulfide) groups is 1. The average Bonchev–Trinajstić information content (AvgIpc) is 2.37. The molecule has 0 saturated carbocycles. The van der Waals surface area contributed by atoms with E-state index in [-0.39, 0.29) is 24.1 Å². The molecule has 6 nitrogen and oxygen atoms in total. The van der Waals surface area contributed by atoms with Gasteiger partial charge >= 0.3 is 0 Å². The monoisotopic (exact) mass is 276 g/mol. The van der Waals surface area contributed by atoms with Gasteiger partial charge in [-0.15, -0.1) is 11.8 Å². The molecule has 1 atom stereocenters. The van der Waals surface area contributed by atoms with Crippen LogP contribution in [0.15, 0.2) is 0 Å². The van der Waals surface area contributed by atoms with Gasteiger partial charge in [-0.2, -0.15) is 0 Å². The number of carbonyl (C=O) groups is 2. The molecule has 1 saturated heterocycles. The van der Waals surface area contributed by atoms with Crippen molar-refractivity contribution < 1.29 is 19.4 Å². The molecule has 0 aromatic heterocycles. The molecule has 1 aliphatic heterocycles. The van der Waals surface area contributed by atoms with E-state index in [1.165, 1.54) is 11.8 Å². The number of rotatable bonds is 6. The second-order valence-corrected chi connectivity index (χ2v) is 5.12. The fourth-order valence-corrected chi connectivity index (χ4v) is 2.19. The van der Waals surface area contributed by atoms with Gasteiger partial charge in [-0.25, -0.2) is 0 Å². The van der Waals surface area contributed by atoms with E-state index in [9.17, 15) is 9.59 Å².